The van der Waals surface area contributed by atoms with E-state index in [0.717, 1.165) is 6.07 Å². The normalized spacial score (nSPS) is 24.8. The predicted molar refractivity (Wildman–Crippen MR) is 129 cm³/mol. The number of nitrogens with one attached hydrogen (secondary N) is 2. The molecule has 3 rings (SSSR count). The SMILES string of the molecule is CC(=O)NCCS(=O)(=O)N1C2CCC1CC([C@@H](Cc1cc(F)c(F)cc1F)N[S@@](=O)C(C)(C)C)C2. The van der Waals surface area contributed by atoms with E-state index in [0.29, 0.717) is 31.7 Å². The number of nitrogens with zero attached hydrogens (tertiary/aromatic N) is 1. The molecule has 2 aliphatic rings. The molecule has 0 saturated carbocycles. The van der Waals surface area contributed by atoms with Crippen molar-refractivity contribution in [1.29, 1.82) is 0 Å². The Morgan fingerprint density at radius 2 is 1.69 bits per heavy atom. The first kappa shape index (κ1) is 28.1. The third-order valence-corrected chi connectivity index (χ3v) is 10.3. The number of carbonyl (C=O) groups excluding carboxylic acids is 1. The van der Waals surface area contributed by atoms with Crippen molar-refractivity contribution in [2.24, 2.45) is 5.92 Å². The molecule has 2 unspecified atom stereocenters. The molecule has 0 spiro atoms. The lowest BCUT2D eigenvalue weighted by atomic mass is 9.83. The molecular formula is C23H34F3N3O4S2. The maximum atomic E-state index is 14.5. The number of amides is 1. The van der Waals surface area contributed by atoms with E-state index in [2.05, 4.69) is 10.0 Å². The minimum Gasteiger partial charge on any atom is -0.355 e. The van der Waals surface area contributed by atoms with Gasteiger partial charge in [0, 0.05) is 37.7 Å². The molecule has 2 fully saturated rings. The molecule has 2 aliphatic heterocycles. The third kappa shape index (κ3) is 6.84. The monoisotopic (exact) mass is 537 g/mol. The van der Waals surface area contributed by atoms with E-state index in [9.17, 15) is 30.6 Å². The highest BCUT2D eigenvalue weighted by Crippen LogP contribution is 2.42. The number of piperidine rings is 1. The Hall–Kier alpha value is -1.50. The molecule has 1 aromatic carbocycles. The van der Waals surface area contributed by atoms with Gasteiger partial charge in [-0.25, -0.2) is 30.5 Å². The van der Waals surface area contributed by atoms with Gasteiger partial charge in [0.1, 0.15) is 5.82 Å². The quantitative estimate of drug-likeness (QED) is 0.474. The summed E-state index contributed by atoms with van der Waals surface area (Å²) in [6.45, 7) is 6.73. The highest BCUT2D eigenvalue weighted by atomic mass is 32.2. The second-order valence-electron chi connectivity index (χ2n) is 10.4. The van der Waals surface area contributed by atoms with Crippen LogP contribution in [0, 0.1) is 23.4 Å². The smallest absolute Gasteiger partial charge is 0.216 e. The van der Waals surface area contributed by atoms with Crippen molar-refractivity contribution in [2.45, 2.75) is 82.7 Å². The maximum absolute atomic E-state index is 14.5. The van der Waals surface area contributed by atoms with Crippen LogP contribution >= 0.6 is 0 Å². The molecule has 0 aromatic heterocycles. The summed E-state index contributed by atoms with van der Waals surface area (Å²) in [7, 11) is -5.11. The second-order valence-corrected chi connectivity index (χ2v) is 14.4. The van der Waals surface area contributed by atoms with Crippen LogP contribution in [0.2, 0.25) is 0 Å². The van der Waals surface area contributed by atoms with Crippen molar-refractivity contribution < 1.29 is 30.6 Å². The fourth-order valence-electron chi connectivity index (χ4n) is 5.00. The van der Waals surface area contributed by atoms with Crippen LogP contribution in [0.15, 0.2) is 12.1 Å². The first-order chi connectivity index (χ1) is 16.2. The minimum atomic E-state index is -3.60. The summed E-state index contributed by atoms with van der Waals surface area (Å²) in [5.74, 6) is -3.94. The largest absolute Gasteiger partial charge is 0.355 e. The van der Waals surface area contributed by atoms with Gasteiger partial charge in [-0.15, -0.1) is 0 Å². The fourth-order valence-corrected chi connectivity index (χ4v) is 7.76. The molecular weight excluding hydrogens is 503 g/mol. The number of hydrogen-bond donors (Lipinski definition) is 2. The lowest BCUT2D eigenvalue weighted by molar-refractivity contribution is -0.118. The zero-order valence-electron chi connectivity index (χ0n) is 20.4. The van der Waals surface area contributed by atoms with Crippen LogP contribution in [0.4, 0.5) is 13.2 Å². The van der Waals surface area contributed by atoms with Gasteiger partial charge in [-0.05, 0) is 70.4 Å². The number of hydrogen-bond acceptors (Lipinski definition) is 4. The average Bonchev–Trinajstić information content (AvgIpc) is 3.01. The summed E-state index contributed by atoms with van der Waals surface area (Å²) in [5.41, 5.74) is -0.0231. The Morgan fingerprint density at radius 3 is 2.23 bits per heavy atom. The first-order valence-electron chi connectivity index (χ1n) is 11.8. The molecule has 2 saturated heterocycles. The molecule has 12 heteroatoms. The molecule has 2 heterocycles. The molecule has 0 radical (unpaired) electrons. The minimum absolute atomic E-state index is 0.00968. The lowest BCUT2D eigenvalue weighted by Crippen LogP contribution is -2.53. The Kier molecular flexibility index (Phi) is 8.71. The zero-order chi connectivity index (χ0) is 26.1. The zero-order valence-corrected chi connectivity index (χ0v) is 22.1. The number of rotatable bonds is 9. The van der Waals surface area contributed by atoms with Gasteiger partial charge >= 0.3 is 0 Å². The molecule has 7 nitrogen and oxygen atoms in total. The predicted octanol–water partition coefficient (Wildman–Crippen LogP) is 2.78. The van der Waals surface area contributed by atoms with E-state index in [4.69, 9.17) is 0 Å². The molecule has 0 aliphatic carbocycles. The Labute approximate surface area is 207 Å². The summed E-state index contributed by atoms with van der Waals surface area (Å²) >= 11 is 0. The van der Waals surface area contributed by atoms with Gasteiger partial charge in [0.15, 0.2) is 11.6 Å². The van der Waals surface area contributed by atoms with Gasteiger partial charge in [-0.1, -0.05) is 0 Å². The number of halogens is 3. The number of sulfonamides is 1. The van der Waals surface area contributed by atoms with E-state index in [-0.39, 0.29) is 48.2 Å². The average molecular weight is 538 g/mol. The van der Waals surface area contributed by atoms with Crippen LogP contribution < -0.4 is 10.0 Å². The van der Waals surface area contributed by atoms with Gasteiger partial charge in [-0.3, -0.25) is 4.79 Å². The molecule has 2 bridgehead atoms. The standard InChI is InChI=1S/C23H34F3N3O4S2/c1-14(30)27-7-8-35(32,33)29-17-5-6-18(29)10-16(9-17)22(28-34(31)23(2,3)4)12-15-11-20(25)21(26)13-19(15)24/h11,13,16-18,22,28H,5-10,12H2,1-4H3,(H,27,30)/t16?,17?,18?,22-,34+/m1/s1. The van der Waals surface area contributed by atoms with Crippen LogP contribution in [0.3, 0.4) is 0 Å². The first-order valence-corrected chi connectivity index (χ1v) is 14.5. The molecule has 2 N–H and O–H groups in total. The van der Waals surface area contributed by atoms with Crippen molar-refractivity contribution in [3.63, 3.8) is 0 Å². The fraction of sp³-hybridized carbons (Fsp3) is 0.696. The summed E-state index contributed by atoms with van der Waals surface area (Å²) in [4.78, 5) is 11.1. The van der Waals surface area contributed by atoms with Gasteiger partial charge in [0.2, 0.25) is 15.9 Å². The van der Waals surface area contributed by atoms with Crippen LogP contribution in [0.1, 0.15) is 58.9 Å². The Balaban J connectivity index is 1.81. The second kappa shape index (κ2) is 10.9. The van der Waals surface area contributed by atoms with Crippen LogP contribution in [-0.2, 0) is 32.2 Å². The highest BCUT2D eigenvalue weighted by molar-refractivity contribution is 7.89. The van der Waals surface area contributed by atoms with Gasteiger partial charge in [0.05, 0.1) is 21.5 Å². The lowest BCUT2D eigenvalue weighted by Gasteiger charge is -2.41. The van der Waals surface area contributed by atoms with Crippen molar-refractivity contribution in [3.05, 3.63) is 35.1 Å². The van der Waals surface area contributed by atoms with Crippen molar-refractivity contribution in [1.82, 2.24) is 14.3 Å². The summed E-state index contributed by atoms with van der Waals surface area (Å²) in [6.07, 6.45) is 2.29. The molecule has 35 heavy (non-hydrogen) atoms. The van der Waals surface area contributed by atoms with Crippen LogP contribution in [-0.4, -0.2) is 58.0 Å². The van der Waals surface area contributed by atoms with E-state index in [1.165, 1.54) is 6.92 Å². The van der Waals surface area contributed by atoms with Gasteiger partial charge in [-0.2, -0.15) is 4.31 Å². The highest BCUT2D eigenvalue weighted by Gasteiger charge is 2.48. The number of fused-ring (bicyclic) bond motifs is 2. The Bertz CT molecular complexity index is 1060. The third-order valence-electron chi connectivity index (χ3n) is 6.67. The number of benzene rings is 1. The van der Waals surface area contributed by atoms with Crippen molar-refractivity contribution in [2.75, 3.05) is 12.3 Å². The van der Waals surface area contributed by atoms with Crippen molar-refractivity contribution in [3.8, 4) is 0 Å². The maximum Gasteiger partial charge on any atom is 0.216 e. The Morgan fingerprint density at radius 1 is 1.11 bits per heavy atom. The molecule has 1 amide bonds. The molecule has 1 aromatic rings. The summed E-state index contributed by atoms with van der Waals surface area (Å²) < 4.78 is 84.7. The van der Waals surface area contributed by atoms with Crippen LogP contribution in [0.5, 0.6) is 0 Å². The van der Waals surface area contributed by atoms with E-state index in [1.54, 1.807) is 25.1 Å². The molecule has 198 valence electrons. The summed E-state index contributed by atoms with van der Waals surface area (Å²) in [5, 5.41) is 2.51. The molecule has 4 atom stereocenters. The van der Waals surface area contributed by atoms with E-state index in [1.807, 2.05) is 0 Å². The number of carbonyl (C=O) groups is 1. The van der Waals surface area contributed by atoms with E-state index >= 15 is 0 Å². The van der Waals surface area contributed by atoms with Crippen molar-refractivity contribution >= 4 is 26.9 Å². The van der Waals surface area contributed by atoms with E-state index < -0.39 is 49.2 Å². The van der Waals surface area contributed by atoms with Crippen LogP contribution in [0.25, 0.3) is 0 Å². The topological polar surface area (TPSA) is 95.6 Å². The summed E-state index contributed by atoms with van der Waals surface area (Å²) in [6, 6.07) is 0.291. The van der Waals surface area contributed by atoms with Gasteiger partial charge < -0.3 is 5.32 Å². The van der Waals surface area contributed by atoms with Gasteiger partial charge in [0.25, 0.3) is 0 Å².